The van der Waals surface area contributed by atoms with Crippen molar-refractivity contribution in [3.8, 4) is 5.75 Å². The van der Waals surface area contributed by atoms with Crippen LogP contribution in [0.5, 0.6) is 5.75 Å². The Labute approximate surface area is 161 Å². The van der Waals surface area contributed by atoms with Crippen molar-refractivity contribution in [2.75, 3.05) is 19.0 Å². The summed E-state index contributed by atoms with van der Waals surface area (Å²) in [6, 6.07) is 9.93. The van der Waals surface area contributed by atoms with Crippen LogP contribution in [0.15, 0.2) is 30.3 Å². The van der Waals surface area contributed by atoms with Crippen LogP contribution < -0.4 is 10.1 Å². The zero-order chi connectivity index (χ0) is 19.2. The molecule has 0 aliphatic carbocycles. The van der Waals surface area contributed by atoms with E-state index in [0.717, 1.165) is 42.8 Å². The Morgan fingerprint density at radius 2 is 2.04 bits per heavy atom. The van der Waals surface area contributed by atoms with Crippen molar-refractivity contribution in [3.63, 3.8) is 0 Å². The molecule has 0 spiro atoms. The maximum absolute atomic E-state index is 13.0. The molecule has 1 fully saturated rings. The van der Waals surface area contributed by atoms with E-state index in [1.165, 1.54) is 6.42 Å². The van der Waals surface area contributed by atoms with Gasteiger partial charge in [-0.15, -0.1) is 0 Å². The molecule has 144 valence electrons. The fourth-order valence-electron chi connectivity index (χ4n) is 3.52. The number of rotatable bonds is 6. The molecule has 1 aromatic heterocycles. The number of likely N-dealkylation sites (tertiary alicyclic amines) is 1. The molecule has 0 bridgehead atoms. The van der Waals surface area contributed by atoms with Gasteiger partial charge in [-0.2, -0.15) is 0 Å². The Morgan fingerprint density at radius 1 is 1.26 bits per heavy atom. The highest BCUT2D eigenvalue weighted by Crippen LogP contribution is 2.22. The van der Waals surface area contributed by atoms with E-state index in [9.17, 15) is 4.79 Å². The number of piperidine rings is 1. The van der Waals surface area contributed by atoms with Crippen molar-refractivity contribution >= 4 is 11.9 Å². The quantitative estimate of drug-likeness (QED) is 0.840. The summed E-state index contributed by atoms with van der Waals surface area (Å²) >= 11 is 0. The van der Waals surface area contributed by atoms with Crippen molar-refractivity contribution in [1.82, 2.24) is 14.9 Å². The SMILES string of the molecule is CCC1CCCCN1C(=O)c1cc(C)nc(NCc2ccc(OC)cc2)n1. The zero-order valence-electron chi connectivity index (χ0n) is 16.4. The van der Waals surface area contributed by atoms with Crippen molar-refractivity contribution in [2.24, 2.45) is 0 Å². The number of benzene rings is 1. The van der Waals surface area contributed by atoms with Gasteiger partial charge in [-0.05, 0) is 56.4 Å². The lowest BCUT2D eigenvalue weighted by molar-refractivity contribution is 0.0601. The van der Waals surface area contributed by atoms with E-state index >= 15 is 0 Å². The summed E-state index contributed by atoms with van der Waals surface area (Å²) in [4.78, 5) is 23.9. The molecular weight excluding hydrogens is 340 g/mol. The molecule has 1 N–H and O–H groups in total. The molecule has 0 saturated carbocycles. The summed E-state index contributed by atoms with van der Waals surface area (Å²) in [5, 5.41) is 3.23. The minimum Gasteiger partial charge on any atom is -0.497 e. The van der Waals surface area contributed by atoms with Gasteiger partial charge in [0.25, 0.3) is 5.91 Å². The molecule has 6 nitrogen and oxygen atoms in total. The Kier molecular flexibility index (Phi) is 6.27. The van der Waals surface area contributed by atoms with Crippen molar-refractivity contribution in [1.29, 1.82) is 0 Å². The molecule has 1 saturated heterocycles. The standard InChI is InChI=1S/C21H28N4O2/c1-4-17-7-5-6-12-25(17)20(26)19-13-15(2)23-21(24-19)22-14-16-8-10-18(27-3)11-9-16/h8-11,13,17H,4-7,12,14H2,1-3H3,(H,22,23,24). The Hall–Kier alpha value is -2.63. The molecule has 2 aromatic rings. The van der Waals surface area contributed by atoms with E-state index in [0.29, 0.717) is 24.2 Å². The van der Waals surface area contributed by atoms with E-state index < -0.39 is 0 Å². The summed E-state index contributed by atoms with van der Waals surface area (Å²) in [5.74, 6) is 1.32. The van der Waals surface area contributed by atoms with Gasteiger partial charge >= 0.3 is 0 Å². The van der Waals surface area contributed by atoms with Gasteiger partial charge in [0.1, 0.15) is 11.4 Å². The molecule has 1 amide bonds. The van der Waals surface area contributed by atoms with Crippen LogP contribution >= 0.6 is 0 Å². The van der Waals surface area contributed by atoms with Crippen LogP contribution in [-0.4, -0.2) is 40.5 Å². The summed E-state index contributed by atoms with van der Waals surface area (Å²) in [6.07, 6.45) is 4.32. The predicted molar refractivity (Wildman–Crippen MR) is 106 cm³/mol. The highest BCUT2D eigenvalue weighted by atomic mass is 16.5. The maximum atomic E-state index is 13.0. The average Bonchev–Trinajstić information content (AvgIpc) is 2.71. The van der Waals surface area contributed by atoms with Crippen molar-refractivity contribution in [3.05, 3.63) is 47.3 Å². The molecule has 1 aromatic carbocycles. The maximum Gasteiger partial charge on any atom is 0.272 e. The Morgan fingerprint density at radius 3 is 2.74 bits per heavy atom. The summed E-state index contributed by atoms with van der Waals surface area (Å²) in [6.45, 7) is 5.44. The summed E-state index contributed by atoms with van der Waals surface area (Å²) < 4.78 is 5.18. The number of anilines is 1. The average molecular weight is 368 g/mol. The first-order valence-electron chi connectivity index (χ1n) is 9.64. The van der Waals surface area contributed by atoms with Gasteiger partial charge in [0.15, 0.2) is 0 Å². The smallest absolute Gasteiger partial charge is 0.272 e. The van der Waals surface area contributed by atoms with Crippen LogP contribution in [0.4, 0.5) is 5.95 Å². The van der Waals surface area contributed by atoms with Crippen LogP contribution in [0.25, 0.3) is 0 Å². The second-order valence-electron chi connectivity index (χ2n) is 6.98. The first-order valence-corrected chi connectivity index (χ1v) is 9.64. The number of nitrogens with one attached hydrogen (secondary N) is 1. The fraction of sp³-hybridized carbons (Fsp3) is 0.476. The van der Waals surface area contributed by atoms with E-state index in [1.807, 2.05) is 36.1 Å². The predicted octanol–water partition coefficient (Wildman–Crippen LogP) is 3.81. The molecular formula is C21H28N4O2. The molecule has 1 unspecified atom stereocenters. The van der Waals surface area contributed by atoms with Crippen LogP contribution in [0.3, 0.4) is 0 Å². The minimum atomic E-state index is 0.0135. The monoisotopic (exact) mass is 368 g/mol. The summed E-state index contributed by atoms with van der Waals surface area (Å²) in [5.41, 5.74) is 2.35. The van der Waals surface area contributed by atoms with Gasteiger partial charge < -0.3 is 15.0 Å². The first-order chi connectivity index (χ1) is 13.1. The molecule has 3 rings (SSSR count). The van der Waals surface area contributed by atoms with Crippen molar-refractivity contribution < 1.29 is 9.53 Å². The number of aromatic nitrogens is 2. The first kappa shape index (κ1) is 19.1. The highest BCUT2D eigenvalue weighted by molar-refractivity contribution is 5.93. The van der Waals surface area contributed by atoms with Gasteiger partial charge in [0, 0.05) is 24.8 Å². The number of hydrogen-bond donors (Lipinski definition) is 1. The van der Waals surface area contributed by atoms with E-state index in [2.05, 4.69) is 22.2 Å². The van der Waals surface area contributed by atoms with Gasteiger partial charge in [-0.1, -0.05) is 19.1 Å². The van der Waals surface area contributed by atoms with Crippen LogP contribution in [0, 0.1) is 6.92 Å². The number of carbonyl (C=O) groups excluding carboxylic acids is 1. The second kappa shape index (κ2) is 8.84. The third-order valence-corrected chi connectivity index (χ3v) is 5.04. The Bertz CT molecular complexity index is 776. The molecule has 1 aliphatic heterocycles. The van der Waals surface area contributed by atoms with Gasteiger partial charge in [-0.3, -0.25) is 4.79 Å². The molecule has 0 radical (unpaired) electrons. The van der Waals surface area contributed by atoms with E-state index in [4.69, 9.17) is 4.74 Å². The van der Waals surface area contributed by atoms with Gasteiger partial charge in [0.2, 0.25) is 5.95 Å². The van der Waals surface area contributed by atoms with Crippen LogP contribution in [0.2, 0.25) is 0 Å². The number of methoxy groups -OCH3 is 1. The normalized spacial score (nSPS) is 16.9. The summed E-state index contributed by atoms with van der Waals surface area (Å²) in [7, 11) is 1.65. The van der Waals surface area contributed by atoms with Gasteiger partial charge in [0.05, 0.1) is 7.11 Å². The van der Waals surface area contributed by atoms with Gasteiger partial charge in [-0.25, -0.2) is 9.97 Å². The number of carbonyl (C=O) groups is 1. The third kappa shape index (κ3) is 4.76. The third-order valence-electron chi connectivity index (χ3n) is 5.04. The molecule has 6 heteroatoms. The number of nitrogens with zero attached hydrogens (tertiary/aromatic N) is 3. The number of hydrogen-bond acceptors (Lipinski definition) is 5. The lowest BCUT2D eigenvalue weighted by Crippen LogP contribution is -2.43. The topological polar surface area (TPSA) is 67.4 Å². The number of ether oxygens (including phenoxy) is 1. The van der Waals surface area contributed by atoms with Crippen molar-refractivity contribution in [2.45, 2.75) is 52.1 Å². The molecule has 2 heterocycles. The minimum absolute atomic E-state index is 0.0135. The largest absolute Gasteiger partial charge is 0.497 e. The van der Waals surface area contributed by atoms with Crippen LogP contribution in [-0.2, 0) is 6.54 Å². The zero-order valence-corrected chi connectivity index (χ0v) is 16.4. The Balaban J connectivity index is 1.72. The molecule has 1 atom stereocenters. The fourth-order valence-corrected chi connectivity index (χ4v) is 3.52. The lowest BCUT2D eigenvalue weighted by Gasteiger charge is -2.35. The highest BCUT2D eigenvalue weighted by Gasteiger charge is 2.27. The van der Waals surface area contributed by atoms with E-state index in [1.54, 1.807) is 13.2 Å². The lowest BCUT2D eigenvalue weighted by atomic mass is 9.99. The second-order valence-corrected chi connectivity index (χ2v) is 6.98. The number of aryl methyl sites for hydroxylation is 1. The molecule has 27 heavy (non-hydrogen) atoms. The van der Waals surface area contributed by atoms with Crippen LogP contribution in [0.1, 0.15) is 54.4 Å². The van der Waals surface area contributed by atoms with E-state index in [-0.39, 0.29) is 5.91 Å². The molecule has 1 aliphatic rings. The number of amides is 1.